The lowest BCUT2D eigenvalue weighted by atomic mass is 9.75. The normalized spacial score (nSPS) is 26.3. The number of carboxylic acid groups (broad SMARTS) is 1. The molecule has 2 bridgehead atoms. The second-order valence-corrected chi connectivity index (χ2v) is 9.79. The summed E-state index contributed by atoms with van der Waals surface area (Å²) in [6, 6.07) is 10.8. The molecule has 0 amide bonds. The highest BCUT2D eigenvalue weighted by Crippen LogP contribution is 2.55. The standard InChI is InChI=1S/C25H36O2S/c26-25(27)14-7-2-1-6-12-23-21-15-16-22(18-21)24(23)13-8-9-17-28-19-20-10-4-3-5-11-20/h1,3-6,10-11,21-24H,2,7-9,12-19H2,(H,26,27)/t21-,22+,23-,24+/m0/s1. The molecule has 3 heteroatoms. The first-order valence-corrected chi connectivity index (χ1v) is 12.4. The summed E-state index contributed by atoms with van der Waals surface area (Å²) in [5, 5.41) is 8.72. The molecule has 0 radical (unpaired) electrons. The maximum Gasteiger partial charge on any atom is 0.303 e. The van der Waals surface area contributed by atoms with Gasteiger partial charge < -0.3 is 5.11 Å². The third-order valence-corrected chi connectivity index (χ3v) is 7.91. The Hall–Kier alpha value is -1.22. The molecule has 2 aliphatic carbocycles. The van der Waals surface area contributed by atoms with Crippen LogP contribution in [0, 0.1) is 23.7 Å². The zero-order valence-corrected chi connectivity index (χ0v) is 17.9. The van der Waals surface area contributed by atoms with Gasteiger partial charge in [-0.15, -0.1) is 0 Å². The minimum atomic E-state index is -0.677. The van der Waals surface area contributed by atoms with Crippen molar-refractivity contribution in [1.29, 1.82) is 0 Å². The third kappa shape index (κ3) is 6.69. The van der Waals surface area contributed by atoms with E-state index < -0.39 is 5.97 Å². The number of allylic oxidation sites excluding steroid dienone is 2. The van der Waals surface area contributed by atoms with Gasteiger partial charge >= 0.3 is 5.97 Å². The summed E-state index contributed by atoms with van der Waals surface area (Å²) in [6.45, 7) is 0. The number of thioether (sulfide) groups is 1. The zero-order chi connectivity index (χ0) is 19.6. The van der Waals surface area contributed by atoms with Crippen LogP contribution in [0.3, 0.4) is 0 Å². The average molecular weight is 401 g/mol. The summed E-state index contributed by atoms with van der Waals surface area (Å²) in [7, 11) is 0. The van der Waals surface area contributed by atoms with Crippen molar-refractivity contribution in [3.63, 3.8) is 0 Å². The van der Waals surface area contributed by atoms with Gasteiger partial charge in [0.15, 0.2) is 0 Å². The summed E-state index contributed by atoms with van der Waals surface area (Å²) >= 11 is 2.08. The fraction of sp³-hybridized carbons (Fsp3) is 0.640. The van der Waals surface area contributed by atoms with E-state index in [1.165, 1.54) is 56.3 Å². The summed E-state index contributed by atoms with van der Waals surface area (Å²) in [4.78, 5) is 10.6. The van der Waals surface area contributed by atoms with Crippen molar-refractivity contribution in [1.82, 2.24) is 0 Å². The molecule has 0 unspecified atom stereocenters. The van der Waals surface area contributed by atoms with Gasteiger partial charge in [0, 0.05) is 12.2 Å². The fourth-order valence-corrected chi connectivity index (χ4v) is 6.42. The predicted molar refractivity (Wildman–Crippen MR) is 120 cm³/mol. The second-order valence-electron chi connectivity index (χ2n) is 8.69. The van der Waals surface area contributed by atoms with Crippen molar-refractivity contribution >= 4 is 17.7 Å². The van der Waals surface area contributed by atoms with Crippen molar-refractivity contribution in [2.24, 2.45) is 23.7 Å². The van der Waals surface area contributed by atoms with E-state index in [0.29, 0.717) is 6.42 Å². The molecule has 2 saturated carbocycles. The Labute approximate surface area is 175 Å². The number of hydrogen-bond acceptors (Lipinski definition) is 2. The number of hydrogen-bond donors (Lipinski definition) is 1. The van der Waals surface area contributed by atoms with Gasteiger partial charge in [-0.3, -0.25) is 4.79 Å². The van der Waals surface area contributed by atoms with Gasteiger partial charge in [0.1, 0.15) is 0 Å². The van der Waals surface area contributed by atoms with Crippen LogP contribution in [-0.2, 0) is 10.5 Å². The van der Waals surface area contributed by atoms with Gasteiger partial charge in [-0.05, 0) is 86.4 Å². The molecule has 0 spiro atoms. The van der Waals surface area contributed by atoms with Crippen LogP contribution in [0.5, 0.6) is 0 Å². The van der Waals surface area contributed by atoms with Crippen molar-refractivity contribution < 1.29 is 9.90 Å². The first kappa shape index (κ1) is 21.5. The van der Waals surface area contributed by atoms with Gasteiger partial charge in [-0.2, -0.15) is 11.8 Å². The minimum absolute atomic E-state index is 0.295. The Balaban J connectivity index is 1.31. The number of carboxylic acids is 1. The molecule has 28 heavy (non-hydrogen) atoms. The van der Waals surface area contributed by atoms with E-state index in [-0.39, 0.29) is 0 Å². The molecule has 0 heterocycles. The summed E-state index contributed by atoms with van der Waals surface area (Å²) in [5.41, 5.74) is 1.44. The van der Waals surface area contributed by atoms with E-state index in [1.807, 2.05) is 0 Å². The predicted octanol–water partition coefficient (Wildman–Crippen LogP) is 6.95. The Kier molecular flexibility index (Phi) is 8.98. The van der Waals surface area contributed by atoms with Gasteiger partial charge in [0.25, 0.3) is 0 Å². The Morgan fingerprint density at radius 2 is 1.82 bits per heavy atom. The number of rotatable bonds is 13. The first-order chi connectivity index (χ1) is 13.7. The van der Waals surface area contributed by atoms with E-state index >= 15 is 0 Å². The smallest absolute Gasteiger partial charge is 0.303 e. The molecule has 2 fully saturated rings. The van der Waals surface area contributed by atoms with Crippen LogP contribution in [0.4, 0.5) is 0 Å². The number of aliphatic carboxylic acids is 1. The van der Waals surface area contributed by atoms with Crippen molar-refractivity contribution in [3.05, 3.63) is 48.0 Å². The van der Waals surface area contributed by atoms with Crippen LogP contribution >= 0.6 is 11.8 Å². The van der Waals surface area contributed by atoms with E-state index in [2.05, 4.69) is 54.2 Å². The number of fused-ring (bicyclic) bond motifs is 2. The Morgan fingerprint density at radius 1 is 1.04 bits per heavy atom. The van der Waals surface area contributed by atoms with E-state index in [4.69, 9.17) is 5.11 Å². The van der Waals surface area contributed by atoms with Crippen LogP contribution in [0.2, 0.25) is 0 Å². The van der Waals surface area contributed by atoms with Crippen molar-refractivity contribution in [3.8, 4) is 0 Å². The van der Waals surface area contributed by atoms with Crippen LogP contribution in [0.25, 0.3) is 0 Å². The molecule has 1 N–H and O–H groups in total. The SMILES string of the molecule is O=C(O)CCCC=CC[C@H]1[C@H]2CC[C@H](C2)[C@H]1CCCCSCc1ccccc1. The van der Waals surface area contributed by atoms with E-state index in [0.717, 1.165) is 42.3 Å². The van der Waals surface area contributed by atoms with Gasteiger partial charge in [-0.1, -0.05) is 48.9 Å². The second kappa shape index (κ2) is 11.7. The molecular weight excluding hydrogens is 364 g/mol. The minimum Gasteiger partial charge on any atom is -0.481 e. The lowest BCUT2D eigenvalue weighted by molar-refractivity contribution is -0.137. The third-order valence-electron chi connectivity index (χ3n) is 6.80. The monoisotopic (exact) mass is 400 g/mol. The first-order valence-electron chi connectivity index (χ1n) is 11.2. The topological polar surface area (TPSA) is 37.3 Å². The van der Waals surface area contributed by atoms with Gasteiger partial charge in [0.05, 0.1) is 0 Å². The summed E-state index contributed by atoms with van der Waals surface area (Å²) < 4.78 is 0. The summed E-state index contributed by atoms with van der Waals surface area (Å²) in [6.07, 6.45) is 16.3. The molecule has 0 saturated heterocycles. The molecule has 0 aromatic heterocycles. The van der Waals surface area contributed by atoms with Crippen molar-refractivity contribution in [2.45, 2.75) is 70.0 Å². The Bertz CT molecular complexity index is 612. The van der Waals surface area contributed by atoms with Crippen LogP contribution in [0.1, 0.15) is 69.8 Å². The molecule has 2 nitrogen and oxygen atoms in total. The maximum absolute atomic E-state index is 10.6. The molecule has 0 aliphatic heterocycles. The maximum atomic E-state index is 10.6. The molecule has 2 aliphatic rings. The summed E-state index contributed by atoms with van der Waals surface area (Å²) in [5.74, 6) is 5.55. The number of unbranched alkanes of at least 4 members (excludes halogenated alkanes) is 2. The fourth-order valence-electron chi connectivity index (χ4n) is 5.44. The van der Waals surface area contributed by atoms with Crippen LogP contribution in [-0.4, -0.2) is 16.8 Å². The zero-order valence-electron chi connectivity index (χ0n) is 17.1. The van der Waals surface area contributed by atoms with Gasteiger partial charge in [0.2, 0.25) is 0 Å². The van der Waals surface area contributed by atoms with Crippen LogP contribution < -0.4 is 0 Å². The highest BCUT2D eigenvalue weighted by Gasteiger charge is 2.45. The van der Waals surface area contributed by atoms with E-state index in [9.17, 15) is 4.79 Å². The molecule has 4 atom stereocenters. The Morgan fingerprint density at radius 3 is 2.61 bits per heavy atom. The molecule has 3 rings (SSSR count). The average Bonchev–Trinajstić information content (AvgIpc) is 3.30. The largest absolute Gasteiger partial charge is 0.481 e. The molecule has 1 aromatic rings. The quantitative estimate of drug-likeness (QED) is 0.287. The highest BCUT2D eigenvalue weighted by molar-refractivity contribution is 7.98. The van der Waals surface area contributed by atoms with E-state index in [1.54, 1.807) is 0 Å². The lowest BCUT2D eigenvalue weighted by Crippen LogP contribution is -2.22. The van der Waals surface area contributed by atoms with Gasteiger partial charge in [-0.25, -0.2) is 0 Å². The number of carbonyl (C=O) groups is 1. The van der Waals surface area contributed by atoms with Crippen LogP contribution in [0.15, 0.2) is 42.5 Å². The molecule has 1 aromatic carbocycles. The molecule has 154 valence electrons. The lowest BCUT2D eigenvalue weighted by Gasteiger charge is -2.30. The van der Waals surface area contributed by atoms with Crippen molar-refractivity contribution in [2.75, 3.05) is 5.75 Å². The highest BCUT2D eigenvalue weighted by atomic mass is 32.2. The number of benzene rings is 1. The molecular formula is C25H36O2S.